The van der Waals surface area contributed by atoms with Crippen molar-refractivity contribution in [1.82, 2.24) is 0 Å². The van der Waals surface area contributed by atoms with Crippen LogP contribution in [0.5, 0.6) is 0 Å². The third-order valence-electron chi connectivity index (χ3n) is 4.34. The summed E-state index contributed by atoms with van der Waals surface area (Å²) in [5.41, 5.74) is 5.35. The SMILES string of the molecule is Cl.c1ccc(CN2CN(Cc3ccccc3)c3ccccc32)cc1. The van der Waals surface area contributed by atoms with Gasteiger partial charge in [0.15, 0.2) is 0 Å². The maximum atomic E-state index is 2.45. The lowest BCUT2D eigenvalue weighted by atomic mass is 10.2. The second-order valence-corrected chi connectivity index (χ2v) is 6.00. The van der Waals surface area contributed by atoms with Crippen molar-refractivity contribution in [2.24, 2.45) is 0 Å². The van der Waals surface area contributed by atoms with Crippen molar-refractivity contribution in [2.75, 3.05) is 16.5 Å². The second-order valence-electron chi connectivity index (χ2n) is 6.00. The number of halogens is 1. The molecule has 0 fully saturated rings. The van der Waals surface area contributed by atoms with Gasteiger partial charge in [0.25, 0.3) is 0 Å². The summed E-state index contributed by atoms with van der Waals surface area (Å²) in [6, 6.07) is 30.1. The molecule has 3 aromatic rings. The maximum absolute atomic E-state index is 2.45. The number of hydrogen-bond acceptors (Lipinski definition) is 2. The van der Waals surface area contributed by atoms with Gasteiger partial charge in [-0.2, -0.15) is 0 Å². The predicted octanol–water partition coefficient (Wildman–Crippen LogP) is 5.09. The van der Waals surface area contributed by atoms with Gasteiger partial charge in [0, 0.05) is 13.1 Å². The third kappa shape index (κ3) is 3.39. The van der Waals surface area contributed by atoms with E-state index in [0.717, 1.165) is 19.8 Å². The Morgan fingerprint density at radius 1 is 0.542 bits per heavy atom. The van der Waals surface area contributed by atoms with E-state index in [2.05, 4.69) is 94.7 Å². The Balaban J connectivity index is 0.00000169. The van der Waals surface area contributed by atoms with Gasteiger partial charge in [-0.15, -0.1) is 12.4 Å². The van der Waals surface area contributed by atoms with Crippen molar-refractivity contribution in [3.05, 3.63) is 96.1 Å². The molecule has 1 aliphatic rings. The largest absolute Gasteiger partial charge is 0.348 e. The lowest BCUT2D eigenvalue weighted by Gasteiger charge is -2.22. The molecule has 0 saturated heterocycles. The summed E-state index contributed by atoms with van der Waals surface area (Å²) in [6.07, 6.45) is 0. The highest BCUT2D eigenvalue weighted by molar-refractivity contribution is 5.85. The highest BCUT2D eigenvalue weighted by atomic mass is 35.5. The summed E-state index contributed by atoms with van der Waals surface area (Å²) in [4.78, 5) is 4.90. The predicted molar refractivity (Wildman–Crippen MR) is 104 cm³/mol. The van der Waals surface area contributed by atoms with Gasteiger partial charge in [0.1, 0.15) is 0 Å². The number of para-hydroxylation sites is 2. The van der Waals surface area contributed by atoms with Crippen molar-refractivity contribution in [1.29, 1.82) is 0 Å². The summed E-state index contributed by atoms with van der Waals surface area (Å²) in [5.74, 6) is 0. The van der Waals surface area contributed by atoms with Crippen molar-refractivity contribution >= 4 is 23.8 Å². The van der Waals surface area contributed by atoms with E-state index >= 15 is 0 Å². The van der Waals surface area contributed by atoms with Crippen LogP contribution in [-0.2, 0) is 13.1 Å². The highest BCUT2D eigenvalue weighted by Crippen LogP contribution is 2.37. The standard InChI is InChI=1S/C21H20N2.ClH/c1-3-9-18(10-4-1)15-22-17-23(16-19-11-5-2-6-12-19)21-14-8-7-13-20(21)22;/h1-14H,15-17H2;1H. The summed E-state index contributed by atoms with van der Waals surface area (Å²) in [5, 5.41) is 0. The molecule has 0 N–H and O–H groups in total. The van der Waals surface area contributed by atoms with Crippen LogP contribution in [0.3, 0.4) is 0 Å². The fraction of sp³-hybridized carbons (Fsp3) is 0.143. The van der Waals surface area contributed by atoms with E-state index in [1.165, 1.54) is 22.5 Å². The van der Waals surface area contributed by atoms with E-state index < -0.39 is 0 Å². The molecule has 4 rings (SSSR count). The first kappa shape index (κ1) is 16.4. The third-order valence-corrected chi connectivity index (χ3v) is 4.34. The Morgan fingerprint density at radius 2 is 0.917 bits per heavy atom. The smallest absolute Gasteiger partial charge is 0.0911 e. The molecular formula is C21H21ClN2. The number of anilines is 2. The van der Waals surface area contributed by atoms with E-state index in [0.29, 0.717) is 0 Å². The molecule has 3 heteroatoms. The molecule has 0 aliphatic carbocycles. The first-order valence-corrected chi connectivity index (χ1v) is 8.07. The average Bonchev–Trinajstić information content (AvgIpc) is 2.95. The number of benzene rings is 3. The normalized spacial score (nSPS) is 12.7. The molecule has 24 heavy (non-hydrogen) atoms. The minimum atomic E-state index is 0. The van der Waals surface area contributed by atoms with Gasteiger partial charge in [-0.25, -0.2) is 0 Å². The molecule has 0 amide bonds. The van der Waals surface area contributed by atoms with E-state index in [4.69, 9.17) is 0 Å². The zero-order valence-electron chi connectivity index (χ0n) is 13.5. The van der Waals surface area contributed by atoms with Crippen LogP contribution < -0.4 is 9.80 Å². The van der Waals surface area contributed by atoms with Crippen LogP contribution in [0.15, 0.2) is 84.9 Å². The second kappa shape index (κ2) is 7.41. The van der Waals surface area contributed by atoms with Crippen LogP contribution >= 0.6 is 12.4 Å². The quantitative estimate of drug-likeness (QED) is 0.654. The molecule has 122 valence electrons. The molecule has 0 atom stereocenters. The van der Waals surface area contributed by atoms with Crippen LogP contribution in [0, 0.1) is 0 Å². The highest BCUT2D eigenvalue weighted by Gasteiger charge is 2.25. The van der Waals surface area contributed by atoms with E-state index in [1.807, 2.05) is 0 Å². The van der Waals surface area contributed by atoms with Gasteiger partial charge >= 0.3 is 0 Å². The summed E-state index contributed by atoms with van der Waals surface area (Å²) < 4.78 is 0. The molecule has 0 bridgehead atoms. The molecule has 2 nitrogen and oxygen atoms in total. The summed E-state index contributed by atoms with van der Waals surface area (Å²) in [6.45, 7) is 2.83. The molecule has 1 aliphatic heterocycles. The first-order chi connectivity index (χ1) is 11.4. The monoisotopic (exact) mass is 336 g/mol. The van der Waals surface area contributed by atoms with E-state index in [1.54, 1.807) is 0 Å². The zero-order chi connectivity index (χ0) is 15.5. The van der Waals surface area contributed by atoms with Gasteiger partial charge in [-0.1, -0.05) is 72.8 Å². The molecule has 3 aromatic carbocycles. The number of fused-ring (bicyclic) bond motifs is 1. The van der Waals surface area contributed by atoms with Gasteiger partial charge in [-0.3, -0.25) is 0 Å². The summed E-state index contributed by atoms with van der Waals surface area (Å²) in [7, 11) is 0. The number of rotatable bonds is 4. The Bertz CT molecular complexity index is 708. The minimum absolute atomic E-state index is 0. The Kier molecular flexibility index (Phi) is 5.07. The lowest BCUT2D eigenvalue weighted by molar-refractivity contribution is 0.763. The summed E-state index contributed by atoms with van der Waals surface area (Å²) >= 11 is 0. The molecule has 0 radical (unpaired) electrons. The van der Waals surface area contributed by atoms with Crippen LogP contribution in [0.25, 0.3) is 0 Å². The van der Waals surface area contributed by atoms with Crippen molar-refractivity contribution in [3.8, 4) is 0 Å². The molecular weight excluding hydrogens is 316 g/mol. The first-order valence-electron chi connectivity index (χ1n) is 8.07. The van der Waals surface area contributed by atoms with Gasteiger partial charge < -0.3 is 9.80 Å². The Morgan fingerprint density at radius 3 is 1.33 bits per heavy atom. The average molecular weight is 337 g/mol. The van der Waals surface area contributed by atoms with Crippen LogP contribution in [0.4, 0.5) is 11.4 Å². The fourth-order valence-electron chi connectivity index (χ4n) is 3.24. The topological polar surface area (TPSA) is 6.48 Å². The van der Waals surface area contributed by atoms with E-state index in [9.17, 15) is 0 Å². The Hall–Kier alpha value is -2.45. The molecule has 0 spiro atoms. The van der Waals surface area contributed by atoms with E-state index in [-0.39, 0.29) is 12.4 Å². The fourth-order valence-corrected chi connectivity index (χ4v) is 3.24. The van der Waals surface area contributed by atoms with Crippen molar-refractivity contribution in [3.63, 3.8) is 0 Å². The van der Waals surface area contributed by atoms with Crippen LogP contribution in [0.1, 0.15) is 11.1 Å². The van der Waals surface area contributed by atoms with Crippen LogP contribution in [-0.4, -0.2) is 6.67 Å². The van der Waals surface area contributed by atoms with Gasteiger partial charge in [0.2, 0.25) is 0 Å². The minimum Gasteiger partial charge on any atom is -0.348 e. The zero-order valence-corrected chi connectivity index (χ0v) is 14.3. The lowest BCUT2D eigenvalue weighted by Crippen LogP contribution is -2.30. The van der Waals surface area contributed by atoms with Crippen LogP contribution in [0.2, 0.25) is 0 Å². The van der Waals surface area contributed by atoms with Gasteiger partial charge in [0.05, 0.1) is 18.0 Å². The van der Waals surface area contributed by atoms with Crippen molar-refractivity contribution in [2.45, 2.75) is 13.1 Å². The number of hydrogen-bond donors (Lipinski definition) is 0. The molecule has 1 heterocycles. The Labute approximate surface area is 149 Å². The molecule has 0 aromatic heterocycles. The molecule has 0 unspecified atom stereocenters. The van der Waals surface area contributed by atoms with Gasteiger partial charge in [-0.05, 0) is 23.3 Å². The maximum Gasteiger partial charge on any atom is 0.0911 e. The number of nitrogens with zero attached hydrogens (tertiary/aromatic N) is 2. The van der Waals surface area contributed by atoms with Crippen molar-refractivity contribution < 1.29 is 0 Å². The molecule has 0 saturated carbocycles.